The number of rotatable bonds is 9. The molecule has 8 heteroatoms. The second-order valence-electron chi connectivity index (χ2n) is 7.39. The van der Waals surface area contributed by atoms with Crippen molar-refractivity contribution in [1.82, 2.24) is 9.62 Å². The van der Waals surface area contributed by atoms with Crippen LogP contribution in [0.5, 0.6) is 5.75 Å². The Labute approximate surface area is 179 Å². The Balaban J connectivity index is 2.30. The normalized spacial score (nSPS) is 12.5. The van der Waals surface area contributed by atoms with Gasteiger partial charge in [-0.15, -0.1) is 0 Å². The van der Waals surface area contributed by atoms with Gasteiger partial charge in [-0.05, 0) is 55.2 Å². The fourth-order valence-corrected chi connectivity index (χ4v) is 4.22. The molecule has 1 unspecified atom stereocenters. The van der Waals surface area contributed by atoms with Crippen LogP contribution in [0.15, 0.2) is 42.5 Å². The Morgan fingerprint density at radius 1 is 1.10 bits per heavy atom. The first-order valence-corrected chi connectivity index (χ1v) is 11.2. The van der Waals surface area contributed by atoms with Gasteiger partial charge >= 0.3 is 10.2 Å². The van der Waals surface area contributed by atoms with E-state index in [0.29, 0.717) is 12.1 Å². The molecule has 1 atom stereocenters. The van der Waals surface area contributed by atoms with Gasteiger partial charge in [0.05, 0.1) is 18.8 Å². The zero-order valence-electron chi connectivity index (χ0n) is 18.5. The molecule has 0 aliphatic rings. The van der Waals surface area contributed by atoms with E-state index >= 15 is 0 Å². The molecule has 0 heterocycles. The Hall–Kier alpha value is -2.58. The van der Waals surface area contributed by atoms with Gasteiger partial charge in [0.15, 0.2) is 0 Å². The summed E-state index contributed by atoms with van der Waals surface area (Å²) in [7, 11) is 0.657. The van der Waals surface area contributed by atoms with E-state index in [9.17, 15) is 13.2 Å². The van der Waals surface area contributed by atoms with E-state index in [4.69, 9.17) is 4.74 Å². The summed E-state index contributed by atoms with van der Waals surface area (Å²) in [4.78, 5) is 12.9. The number of amides is 1. The molecule has 0 saturated carbocycles. The van der Waals surface area contributed by atoms with E-state index in [1.165, 1.54) is 14.1 Å². The van der Waals surface area contributed by atoms with E-state index in [-0.39, 0.29) is 18.5 Å². The minimum absolute atomic E-state index is 0.231. The number of aryl methyl sites for hydroxylation is 2. The van der Waals surface area contributed by atoms with Gasteiger partial charge < -0.3 is 10.1 Å². The average Bonchev–Trinajstić information content (AvgIpc) is 2.72. The van der Waals surface area contributed by atoms with Gasteiger partial charge in [0, 0.05) is 14.1 Å². The van der Waals surface area contributed by atoms with Gasteiger partial charge in [0.1, 0.15) is 12.3 Å². The average molecular weight is 434 g/mol. The summed E-state index contributed by atoms with van der Waals surface area (Å²) < 4.78 is 33.4. The van der Waals surface area contributed by atoms with Crippen LogP contribution >= 0.6 is 0 Å². The number of nitrogens with zero attached hydrogens (tertiary/aromatic N) is 2. The SMILES string of the molecule is CCC(NC(=O)CN(c1cc(C)ccc1C)S(=O)(=O)N(C)C)c1ccc(OC)cc1. The molecular formula is C22H31N3O4S. The summed E-state index contributed by atoms with van der Waals surface area (Å²) in [5.41, 5.74) is 3.12. The number of ether oxygens (including phenoxy) is 1. The lowest BCUT2D eigenvalue weighted by molar-refractivity contribution is -0.120. The minimum Gasteiger partial charge on any atom is -0.497 e. The Morgan fingerprint density at radius 3 is 2.27 bits per heavy atom. The van der Waals surface area contributed by atoms with Gasteiger partial charge in [0.2, 0.25) is 5.91 Å². The van der Waals surface area contributed by atoms with Crippen LogP contribution in [0, 0.1) is 13.8 Å². The van der Waals surface area contributed by atoms with E-state index in [1.54, 1.807) is 13.2 Å². The van der Waals surface area contributed by atoms with Crippen LogP contribution < -0.4 is 14.4 Å². The molecule has 0 aromatic heterocycles. The molecule has 1 N–H and O–H groups in total. The lowest BCUT2D eigenvalue weighted by Crippen LogP contribution is -2.46. The highest BCUT2D eigenvalue weighted by Gasteiger charge is 2.29. The van der Waals surface area contributed by atoms with Crippen molar-refractivity contribution < 1.29 is 17.9 Å². The van der Waals surface area contributed by atoms with Crippen molar-refractivity contribution in [3.8, 4) is 5.75 Å². The van der Waals surface area contributed by atoms with Crippen molar-refractivity contribution in [2.75, 3.05) is 32.1 Å². The zero-order valence-corrected chi connectivity index (χ0v) is 19.3. The van der Waals surface area contributed by atoms with E-state index < -0.39 is 10.2 Å². The van der Waals surface area contributed by atoms with Crippen LogP contribution in [0.2, 0.25) is 0 Å². The molecule has 2 aromatic carbocycles. The topological polar surface area (TPSA) is 79.0 Å². The summed E-state index contributed by atoms with van der Waals surface area (Å²) >= 11 is 0. The monoisotopic (exact) mass is 433 g/mol. The van der Waals surface area contributed by atoms with Crippen molar-refractivity contribution in [3.63, 3.8) is 0 Å². The molecule has 30 heavy (non-hydrogen) atoms. The molecule has 0 bridgehead atoms. The Bertz CT molecular complexity index is 972. The van der Waals surface area contributed by atoms with Crippen LogP contribution in [-0.2, 0) is 15.0 Å². The summed E-state index contributed by atoms with van der Waals surface area (Å²) in [6, 6.07) is 12.8. The molecule has 2 aromatic rings. The maximum Gasteiger partial charge on any atom is 0.304 e. The fourth-order valence-electron chi connectivity index (χ4n) is 3.10. The lowest BCUT2D eigenvalue weighted by atomic mass is 10.0. The van der Waals surface area contributed by atoms with Crippen molar-refractivity contribution >= 4 is 21.8 Å². The van der Waals surface area contributed by atoms with Gasteiger partial charge in [-0.3, -0.25) is 4.79 Å². The molecule has 1 amide bonds. The second kappa shape index (κ2) is 9.95. The molecule has 0 aliphatic carbocycles. The third kappa shape index (κ3) is 5.52. The third-order valence-electron chi connectivity index (χ3n) is 4.92. The number of nitrogens with one attached hydrogen (secondary N) is 1. The molecule has 0 aliphatic heterocycles. The van der Waals surface area contributed by atoms with Crippen molar-refractivity contribution in [2.24, 2.45) is 0 Å². The number of benzene rings is 2. The Kier molecular flexibility index (Phi) is 7.86. The number of hydrogen-bond donors (Lipinski definition) is 1. The standard InChI is InChI=1S/C22H31N3O4S/c1-7-20(18-10-12-19(29-6)13-11-18)23-22(26)15-25(30(27,28)24(4)5)21-14-16(2)8-9-17(21)3/h8-14,20H,7,15H2,1-6H3,(H,23,26). The molecule has 2 rings (SSSR count). The smallest absolute Gasteiger partial charge is 0.304 e. The summed E-state index contributed by atoms with van der Waals surface area (Å²) in [6.45, 7) is 5.38. The first-order valence-electron chi connectivity index (χ1n) is 9.80. The molecule has 0 radical (unpaired) electrons. The van der Waals surface area contributed by atoms with Crippen molar-refractivity contribution in [3.05, 3.63) is 59.2 Å². The Morgan fingerprint density at radius 2 is 1.73 bits per heavy atom. The number of hydrogen-bond acceptors (Lipinski definition) is 4. The van der Waals surface area contributed by atoms with E-state index in [1.807, 2.05) is 57.2 Å². The molecule has 164 valence electrons. The highest BCUT2D eigenvalue weighted by Crippen LogP contribution is 2.26. The summed E-state index contributed by atoms with van der Waals surface area (Å²) in [5, 5.41) is 2.96. The molecule has 0 saturated heterocycles. The van der Waals surface area contributed by atoms with Crippen molar-refractivity contribution in [1.29, 1.82) is 0 Å². The van der Waals surface area contributed by atoms with E-state index in [2.05, 4.69) is 5.32 Å². The molecule has 0 spiro atoms. The second-order valence-corrected chi connectivity index (χ2v) is 9.45. The van der Waals surface area contributed by atoms with Gasteiger partial charge in [-0.1, -0.05) is 31.2 Å². The third-order valence-corrected chi connectivity index (χ3v) is 6.73. The predicted octanol–water partition coefficient (Wildman–Crippen LogP) is 3.19. The minimum atomic E-state index is -3.85. The lowest BCUT2D eigenvalue weighted by Gasteiger charge is -2.29. The van der Waals surface area contributed by atoms with Crippen LogP contribution in [0.1, 0.15) is 36.1 Å². The molecule has 0 fully saturated rings. The number of carbonyl (C=O) groups excluding carboxylic acids is 1. The van der Waals surface area contributed by atoms with E-state index in [0.717, 1.165) is 31.1 Å². The van der Waals surface area contributed by atoms with Gasteiger partial charge in [-0.25, -0.2) is 4.31 Å². The number of anilines is 1. The number of methoxy groups -OCH3 is 1. The van der Waals surface area contributed by atoms with Crippen LogP contribution in [0.25, 0.3) is 0 Å². The molecule has 7 nitrogen and oxygen atoms in total. The first kappa shape index (κ1) is 23.7. The van der Waals surface area contributed by atoms with Gasteiger partial charge in [-0.2, -0.15) is 12.7 Å². The highest BCUT2D eigenvalue weighted by molar-refractivity contribution is 7.90. The maximum absolute atomic E-state index is 13.0. The maximum atomic E-state index is 13.0. The van der Waals surface area contributed by atoms with Crippen LogP contribution in [0.4, 0.5) is 5.69 Å². The zero-order chi connectivity index (χ0) is 22.5. The van der Waals surface area contributed by atoms with Crippen molar-refractivity contribution in [2.45, 2.75) is 33.2 Å². The largest absolute Gasteiger partial charge is 0.497 e. The predicted molar refractivity (Wildman–Crippen MR) is 120 cm³/mol. The van der Waals surface area contributed by atoms with Crippen LogP contribution in [0.3, 0.4) is 0 Å². The fraction of sp³-hybridized carbons (Fsp3) is 0.409. The summed E-state index contributed by atoms with van der Waals surface area (Å²) in [5.74, 6) is 0.363. The number of carbonyl (C=O) groups is 1. The quantitative estimate of drug-likeness (QED) is 0.659. The highest BCUT2D eigenvalue weighted by atomic mass is 32.2. The first-order chi connectivity index (χ1) is 14.1. The van der Waals surface area contributed by atoms with Gasteiger partial charge in [0.25, 0.3) is 0 Å². The summed E-state index contributed by atoms with van der Waals surface area (Å²) in [6.07, 6.45) is 0.669. The molecular weight excluding hydrogens is 402 g/mol. The van der Waals surface area contributed by atoms with Crippen LogP contribution in [-0.4, -0.2) is 46.4 Å².